The number of likely N-dealkylation sites (tertiary alicyclic amines) is 1. The van der Waals surface area contributed by atoms with E-state index >= 15 is 0 Å². The molecular formula is C10H16N2O2. The molecule has 4 heteroatoms. The van der Waals surface area contributed by atoms with Crippen molar-refractivity contribution in [2.24, 2.45) is 0 Å². The molecule has 0 bridgehead atoms. The fourth-order valence-electron chi connectivity index (χ4n) is 1.71. The monoisotopic (exact) mass is 196 g/mol. The Bertz CT molecular complexity index is 261. The average molecular weight is 196 g/mol. The number of likely N-dealkylation sites (N-methyl/N-ethyl adjacent to an activating group) is 1. The molecule has 14 heavy (non-hydrogen) atoms. The van der Waals surface area contributed by atoms with E-state index in [0.717, 1.165) is 12.8 Å². The molecule has 1 aliphatic heterocycles. The van der Waals surface area contributed by atoms with E-state index < -0.39 is 0 Å². The van der Waals surface area contributed by atoms with Gasteiger partial charge in [0.1, 0.15) is 6.04 Å². The Kier molecular flexibility index (Phi) is 3.68. The molecule has 1 fully saturated rings. The maximum atomic E-state index is 11.5. The predicted molar refractivity (Wildman–Crippen MR) is 53.6 cm³/mol. The Balaban J connectivity index is 2.68. The van der Waals surface area contributed by atoms with Crippen LogP contribution in [0.1, 0.15) is 19.8 Å². The fraction of sp³-hybridized carbons (Fsp3) is 0.600. The molecule has 1 N–H and O–H groups in total. The Morgan fingerprint density at radius 1 is 1.50 bits per heavy atom. The number of nitrogens with one attached hydrogen (secondary N) is 1. The van der Waals surface area contributed by atoms with Gasteiger partial charge in [0.05, 0.1) is 0 Å². The molecule has 2 amide bonds. The summed E-state index contributed by atoms with van der Waals surface area (Å²) in [6.07, 6.45) is 4.87. The second-order valence-corrected chi connectivity index (χ2v) is 3.30. The van der Waals surface area contributed by atoms with Crippen molar-refractivity contribution in [3.05, 3.63) is 12.2 Å². The van der Waals surface area contributed by atoms with E-state index in [1.165, 1.54) is 6.08 Å². The van der Waals surface area contributed by atoms with Gasteiger partial charge in [-0.2, -0.15) is 0 Å². The molecule has 0 spiro atoms. The Hall–Kier alpha value is -1.32. The molecule has 1 saturated heterocycles. The number of amides is 2. The fourth-order valence-corrected chi connectivity index (χ4v) is 1.71. The highest BCUT2D eigenvalue weighted by atomic mass is 16.2. The van der Waals surface area contributed by atoms with E-state index in [-0.39, 0.29) is 17.9 Å². The van der Waals surface area contributed by atoms with Crippen LogP contribution in [0.5, 0.6) is 0 Å². The predicted octanol–water partition coefficient (Wildman–Crippen LogP) is 0.299. The van der Waals surface area contributed by atoms with Crippen molar-refractivity contribution < 1.29 is 9.59 Å². The number of hydrogen-bond donors (Lipinski definition) is 1. The standard InChI is InChI=1S/C10H16N2O2/c1-3-5-9(13)12-7-4-6-8(12)10(14)11-2/h3,5,8H,4,6-7H2,1-2H3,(H,11,14)/b5-3+. The third-order valence-electron chi connectivity index (χ3n) is 2.39. The summed E-state index contributed by atoms with van der Waals surface area (Å²) >= 11 is 0. The van der Waals surface area contributed by atoms with Gasteiger partial charge in [-0.25, -0.2) is 0 Å². The second kappa shape index (κ2) is 4.79. The van der Waals surface area contributed by atoms with Crippen molar-refractivity contribution in [2.75, 3.05) is 13.6 Å². The number of carbonyl (C=O) groups excluding carboxylic acids is 2. The zero-order valence-electron chi connectivity index (χ0n) is 8.62. The van der Waals surface area contributed by atoms with Crippen LogP contribution in [0.3, 0.4) is 0 Å². The van der Waals surface area contributed by atoms with Crippen LogP contribution in [0.15, 0.2) is 12.2 Å². The number of nitrogens with zero attached hydrogens (tertiary/aromatic N) is 1. The van der Waals surface area contributed by atoms with Crippen LogP contribution >= 0.6 is 0 Å². The van der Waals surface area contributed by atoms with Gasteiger partial charge >= 0.3 is 0 Å². The lowest BCUT2D eigenvalue weighted by Gasteiger charge is -2.21. The van der Waals surface area contributed by atoms with Gasteiger partial charge < -0.3 is 10.2 Å². The number of rotatable bonds is 2. The third-order valence-corrected chi connectivity index (χ3v) is 2.39. The zero-order valence-corrected chi connectivity index (χ0v) is 8.62. The SMILES string of the molecule is C/C=C/C(=O)N1CCCC1C(=O)NC. The van der Waals surface area contributed by atoms with Crippen molar-refractivity contribution >= 4 is 11.8 Å². The maximum Gasteiger partial charge on any atom is 0.246 e. The van der Waals surface area contributed by atoms with Gasteiger partial charge in [0, 0.05) is 13.6 Å². The van der Waals surface area contributed by atoms with Gasteiger partial charge in [0.2, 0.25) is 11.8 Å². The first-order valence-electron chi connectivity index (χ1n) is 4.85. The molecule has 1 aliphatic rings. The minimum absolute atomic E-state index is 0.0691. The van der Waals surface area contributed by atoms with Gasteiger partial charge in [-0.3, -0.25) is 9.59 Å². The van der Waals surface area contributed by atoms with Gasteiger partial charge in [-0.15, -0.1) is 0 Å². The summed E-state index contributed by atoms with van der Waals surface area (Å²) in [5.41, 5.74) is 0. The molecule has 4 nitrogen and oxygen atoms in total. The highest BCUT2D eigenvalue weighted by Gasteiger charge is 2.32. The Morgan fingerprint density at radius 3 is 2.79 bits per heavy atom. The first kappa shape index (κ1) is 10.8. The van der Waals surface area contributed by atoms with Crippen molar-refractivity contribution in [3.63, 3.8) is 0 Å². The van der Waals surface area contributed by atoms with Gasteiger partial charge in [-0.05, 0) is 25.8 Å². The lowest BCUT2D eigenvalue weighted by atomic mass is 10.2. The van der Waals surface area contributed by atoms with E-state index in [0.29, 0.717) is 6.54 Å². The smallest absolute Gasteiger partial charge is 0.246 e. The van der Waals surface area contributed by atoms with Crippen LogP contribution in [0, 0.1) is 0 Å². The second-order valence-electron chi connectivity index (χ2n) is 3.30. The molecule has 78 valence electrons. The first-order chi connectivity index (χ1) is 6.70. The van der Waals surface area contributed by atoms with Gasteiger partial charge in [-0.1, -0.05) is 6.08 Å². The summed E-state index contributed by atoms with van der Waals surface area (Å²) in [6, 6.07) is -0.274. The molecule has 0 aromatic rings. The van der Waals surface area contributed by atoms with E-state index in [1.54, 1.807) is 24.9 Å². The van der Waals surface area contributed by atoms with Crippen LogP contribution in [0.25, 0.3) is 0 Å². The number of allylic oxidation sites excluding steroid dienone is 1. The quantitative estimate of drug-likeness (QED) is 0.646. The van der Waals surface area contributed by atoms with E-state index in [1.807, 2.05) is 0 Å². The highest BCUT2D eigenvalue weighted by Crippen LogP contribution is 2.17. The molecule has 1 unspecified atom stereocenters. The highest BCUT2D eigenvalue weighted by molar-refractivity contribution is 5.93. The summed E-state index contributed by atoms with van der Waals surface area (Å²) in [5, 5.41) is 2.58. The van der Waals surface area contributed by atoms with Crippen molar-refractivity contribution in [1.29, 1.82) is 0 Å². The summed E-state index contributed by atoms with van der Waals surface area (Å²) in [4.78, 5) is 24.6. The lowest BCUT2D eigenvalue weighted by molar-refractivity contribution is -0.134. The van der Waals surface area contributed by atoms with Crippen LogP contribution in [0.2, 0.25) is 0 Å². The Morgan fingerprint density at radius 2 is 2.21 bits per heavy atom. The lowest BCUT2D eigenvalue weighted by Crippen LogP contribution is -2.44. The molecule has 1 rings (SSSR count). The molecule has 0 radical (unpaired) electrons. The maximum absolute atomic E-state index is 11.5. The molecule has 1 heterocycles. The molecule has 1 atom stereocenters. The summed E-state index contributed by atoms with van der Waals surface area (Å²) in [5.74, 6) is -0.140. The Labute approximate surface area is 84.0 Å². The summed E-state index contributed by atoms with van der Waals surface area (Å²) < 4.78 is 0. The van der Waals surface area contributed by atoms with Crippen molar-refractivity contribution in [3.8, 4) is 0 Å². The van der Waals surface area contributed by atoms with Crippen molar-refractivity contribution in [1.82, 2.24) is 10.2 Å². The summed E-state index contributed by atoms with van der Waals surface area (Å²) in [7, 11) is 1.60. The number of carbonyl (C=O) groups is 2. The van der Waals surface area contributed by atoms with Crippen LogP contribution < -0.4 is 5.32 Å². The van der Waals surface area contributed by atoms with E-state index in [4.69, 9.17) is 0 Å². The molecule has 0 saturated carbocycles. The topological polar surface area (TPSA) is 49.4 Å². The van der Waals surface area contributed by atoms with Gasteiger partial charge in [0.25, 0.3) is 0 Å². The van der Waals surface area contributed by atoms with E-state index in [9.17, 15) is 9.59 Å². The largest absolute Gasteiger partial charge is 0.357 e. The van der Waals surface area contributed by atoms with Crippen LogP contribution in [-0.2, 0) is 9.59 Å². The molecular weight excluding hydrogens is 180 g/mol. The molecule has 0 aromatic carbocycles. The summed E-state index contributed by atoms with van der Waals surface area (Å²) in [6.45, 7) is 2.48. The van der Waals surface area contributed by atoms with Gasteiger partial charge in [0.15, 0.2) is 0 Å². The third kappa shape index (κ3) is 2.13. The first-order valence-corrected chi connectivity index (χ1v) is 4.85. The average Bonchev–Trinajstić information content (AvgIpc) is 2.65. The zero-order chi connectivity index (χ0) is 10.6. The van der Waals surface area contributed by atoms with Crippen LogP contribution in [0.4, 0.5) is 0 Å². The normalized spacial score (nSPS) is 21.6. The number of hydrogen-bond acceptors (Lipinski definition) is 2. The van der Waals surface area contributed by atoms with Crippen molar-refractivity contribution in [2.45, 2.75) is 25.8 Å². The molecule has 0 aliphatic carbocycles. The molecule has 0 aromatic heterocycles. The minimum Gasteiger partial charge on any atom is -0.357 e. The van der Waals surface area contributed by atoms with Crippen LogP contribution in [-0.4, -0.2) is 36.3 Å². The van der Waals surface area contributed by atoms with E-state index in [2.05, 4.69) is 5.32 Å². The minimum atomic E-state index is -0.274.